The number of nitrogens with one attached hydrogen (secondary N) is 1. The van der Waals surface area contributed by atoms with Gasteiger partial charge in [0.25, 0.3) is 0 Å². The molecule has 0 aliphatic carbocycles. The lowest BCUT2D eigenvalue weighted by Gasteiger charge is -2.09. The lowest BCUT2D eigenvalue weighted by Crippen LogP contribution is -2.13. The molecule has 1 heterocycles. The Balaban J connectivity index is 2.44. The van der Waals surface area contributed by atoms with E-state index in [0.717, 1.165) is 0 Å². The molecule has 0 spiro atoms. The molecular weight excluding hydrogens is 256 g/mol. The first-order valence-corrected chi connectivity index (χ1v) is 6.09. The number of ether oxygens (including phenoxy) is 1. The second-order valence-corrected chi connectivity index (χ2v) is 4.65. The topological polar surface area (TPSA) is 71.5 Å². The summed E-state index contributed by atoms with van der Waals surface area (Å²) in [5.74, 6) is -0.0978. The smallest absolute Gasteiger partial charge is 0.335 e. The molecule has 0 saturated heterocycles. The molecule has 2 N–H and O–H groups in total. The van der Waals surface area contributed by atoms with Crippen molar-refractivity contribution < 1.29 is 14.6 Å². The summed E-state index contributed by atoms with van der Waals surface area (Å²) in [5.41, 5.74) is 0.112. The molecule has 1 aromatic rings. The zero-order valence-electron chi connectivity index (χ0n) is 10.4. The van der Waals surface area contributed by atoms with Crippen molar-refractivity contribution in [1.29, 1.82) is 0 Å². The van der Waals surface area contributed by atoms with Gasteiger partial charge >= 0.3 is 5.97 Å². The Kier molecular flexibility index (Phi) is 5.88. The van der Waals surface area contributed by atoms with Crippen LogP contribution in [0.25, 0.3) is 0 Å². The van der Waals surface area contributed by atoms with Crippen LogP contribution in [-0.4, -0.2) is 35.8 Å². The molecule has 5 nitrogen and oxygen atoms in total. The summed E-state index contributed by atoms with van der Waals surface area (Å²) in [6, 6.07) is 2.75. The highest BCUT2D eigenvalue weighted by molar-refractivity contribution is 6.29. The van der Waals surface area contributed by atoms with Crippen molar-refractivity contribution in [2.75, 3.05) is 25.1 Å². The van der Waals surface area contributed by atoms with Gasteiger partial charge in [0.05, 0.1) is 12.2 Å². The standard InChI is InChI=1S/C12H17ClN2O3/c1-8(2)7-18-4-3-14-11-6-9(12(16)17)5-10(13)15-11/h5-6,8H,3-4,7H2,1-2H3,(H,14,15)(H,16,17). The molecule has 1 aromatic heterocycles. The fourth-order valence-electron chi connectivity index (χ4n) is 1.28. The number of hydrogen-bond acceptors (Lipinski definition) is 4. The maximum absolute atomic E-state index is 10.8. The first-order chi connectivity index (χ1) is 8.49. The Morgan fingerprint density at radius 2 is 2.28 bits per heavy atom. The Labute approximate surface area is 111 Å². The highest BCUT2D eigenvalue weighted by Crippen LogP contribution is 2.14. The van der Waals surface area contributed by atoms with Crippen LogP contribution in [0.2, 0.25) is 5.15 Å². The van der Waals surface area contributed by atoms with Crippen molar-refractivity contribution in [2.24, 2.45) is 5.92 Å². The van der Waals surface area contributed by atoms with Gasteiger partial charge in [0, 0.05) is 13.2 Å². The summed E-state index contributed by atoms with van der Waals surface area (Å²) in [6.07, 6.45) is 0. The SMILES string of the molecule is CC(C)COCCNc1cc(C(=O)O)cc(Cl)n1. The molecule has 6 heteroatoms. The summed E-state index contributed by atoms with van der Waals surface area (Å²) in [6.45, 7) is 5.94. The molecular formula is C12H17ClN2O3. The summed E-state index contributed by atoms with van der Waals surface area (Å²) in [5, 5.41) is 12.0. The van der Waals surface area contributed by atoms with Gasteiger partial charge in [-0.05, 0) is 18.1 Å². The van der Waals surface area contributed by atoms with E-state index >= 15 is 0 Å². The third-order valence-corrected chi connectivity index (χ3v) is 2.24. The van der Waals surface area contributed by atoms with E-state index in [1.165, 1.54) is 12.1 Å². The van der Waals surface area contributed by atoms with Gasteiger partial charge in [-0.1, -0.05) is 25.4 Å². The summed E-state index contributed by atoms with van der Waals surface area (Å²) in [4.78, 5) is 14.8. The van der Waals surface area contributed by atoms with E-state index < -0.39 is 5.97 Å². The minimum absolute atomic E-state index is 0.112. The lowest BCUT2D eigenvalue weighted by molar-refractivity contribution is 0.0697. The van der Waals surface area contributed by atoms with E-state index in [1.54, 1.807) is 0 Å². The molecule has 0 fully saturated rings. The monoisotopic (exact) mass is 272 g/mol. The molecule has 0 aliphatic heterocycles. The molecule has 0 aliphatic rings. The van der Waals surface area contributed by atoms with Crippen LogP contribution in [-0.2, 0) is 4.74 Å². The average molecular weight is 273 g/mol. The number of carboxylic acids is 1. The molecule has 0 radical (unpaired) electrons. The maximum Gasteiger partial charge on any atom is 0.335 e. The first kappa shape index (κ1) is 14.7. The average Bonchev–Trinajstić information content (AvgIpc) is 2.27. The van der Waals surface area contributed by atoms with Gasteiger partial charge in [-0.2, -0.15) is 0 Å². The number of aromatic nitrogens is 1. The van der Waals surface area contributed by atoms with Crippen LogP contribution >= 0.6 is 11.6 Å². The number of anilines is 1. The normalized spacial score (nSPS) is 10.7. The number of hydrogen-bond donors (Lipinski definition) is 2. The molecule has 0 amide bonds. The van der Waals surface area contributed by atoms with Crippen molar-refractivity contribution >= 4 is 23.4 Å². The zero-order valence-corrected chi connectivity index (χ0v) is 11.2. The predicted octanol–water partition coefficient (Wildman–Crippen LogP) is 2.52. The van der Waals surface area contributed by atoms with Gasteiger partial charge in [0.15, 0.2) is 0 Å². The number of pyridine rings is 1. The van der Waals surface area contributed by atoms with Gasteiger partial charge in [-0.15, -0.1) is 0 Å². The minimum Gasteiger partial charge on any atom is -0.478 e. The van der Waals surface area contributed by atoms with Gasteiger partial charge < -0.3 is 15.2 Å². The number of halogens is 1. The van der Waals surface area contributed by atoms with Crippen molar-refractivity contribution in [2.45, 2.75) is 13.8 Å². The predicted molar refractivity (Wildman–Crippen MR) is 70.4 cm³/mol. The van der Waals surface area contributed by atoms with Crippen molar-refractivity contribution in [3.05, 3.63) is 22.8 Å². The summed E-state index contributed by atoms with van der Waals surface area (Å²) < 4.78 is 5.39. The Morgan fingerprint density at radius 3 is 2.89 bits per heavy atom. The van der Waals surface area contributed by atoms with E-state index in [0.29, 0.717) is 31.5 Å². The fourth-order valence-corrected chi connectivity index (χ4v) is 1.49. The van der Waals surface area contributed by atoms with Crippen LogP contribution in [0.15, 0.2) is 12.1 Å². The largest absolute Gasteiger partial charge is 0.478 e. The number of carboxylic acid groups (broad SMARTS) is 1. The number of carbonyl (C=O) groups is 1. The number of rotatable bonds is 7. The Bertz CT molecular complexity index is 410. The molecule has 0 unspecified atom stereocenters. The molecule has 1 rings (SSSR count). The van der Waals surface area contributed by atoms with Crippen LogP contribution in [0.4, 0.5) is 5.82 Å². The zero-order chi connectivity index (χ0) is 13.5. The second kappa shape index (κ2) is 7.18. The van der Waals surface area contributed by atoms with Crippen LogP contribution in [0, 0.1) is 5.92 Å². The highest BCUT2D eigenvalue weighted by atomic mass is 35.5. The second-order valence-electron chi connectivity index (χ2n) is 4.26. The van der Waals surface area contributed by atoms with E-state index in [2.05, 4.69) is 24.1 Å². The third-order valence-electron chi connectivity index (χ3n) is 2.04. The lowest BCUT2D eigenvalue weighted by atomic mass is 10.2. The third kappa shape index (κ3) is 5.33. The van der Waals surface area contributed by atoms with E-state index in [4.69, 9.17) is 21.4 Å². The van der Waals surface area contributed by atoms with Gasteiger partial charge in [0.1, 0.15) is 11.0 Å². The number of aromatic carboxylic acids is 1. The Morgan fingerprint density at radius 1 is 1.56 bits per heavy atom. The molecule has 100 valence electrons. The Hall–Kier alpha value is -1.33. The molecule has 18 heavy (non-hydrogen) atoms. The number of nitrogens with zero attached hydrogens (tertiary/aromatic N) is 1. The quantitative estimate of drug-likeness (QED) is 0.589. The summed E-state index contributed by atoms with van der Waals surface area (Å²) >= 11 is 5.73. The van der Waals surface area contributed by atoms with Gasteiger partial charge in [0.2, 0.25) is 0 Å². The van der Waals surface area contributed by atoms with Crippen molar-refractivity contribution in [3.63, 3.8) is 0 Å². The van der Waals surface area contributed by atoms with Crippen molar-refractivity contribution in [1.82, 2.24) is 4.98 Å². The van der Waals surface area contributed by atoms with Gasteiger partial charge in [-0.25, -0.2) is 9.78 Å². The molecule has 0 bridgehead atoms. The van der Waals surface area contributed by atoms with Gasteiger partial charge in [-0.3, -0.25) is 0 Å². The fraction of sp³-hybridized carbons (Fsp3) is 0.500. The highest BCUT2D eigenvalue weighted by Gasteiger charge is 2.07. The van der Waals surface area contributed by atoms with Crippen molar-refractivity contribution in [3.8, 4) is 0 Å². The van der Waals surface area contributed by atoms with Crippen LogP contribution in [0.5, 0.6) is 0 Å². The first-order valence-electron chi connectivity index (χ1n) is 5.71. The maximum atomic E-state index is 10.8. The summed E-state index contributed by atoms with van der Waals surface area (Å²) in [7, 11) is 0. The van der Waals surface area contributed by atoms with E-state index in [-0.39, 0.29) is 10.7 Å². The van der Waals surface area contributed by atoms with Crippen LogP contribution in [0.1, 0.15) is 24.2 Å². The van der Waals surface area contributed by atoms with E-state index in [1.807, 2.05) is 0 Å². The molecule has 0 atom stereocenters. The van der Waals surface area contributed by atoms with Crippen LogP contribution < -0.4 is 5.32 Å². The van der Waals surface area contributed by atoms with E-state index in [9.17, 15) is 4.79 Å². The molecule has 0 aromatic carbocycles. The molecule has 0 saturated carbocycles. The minimum atomic E-state index is -1.03. The van der Waals surface area contributed by atoms with Crippen LogP contribution in [0.3, 0.4) is 0 Å².